The number of benzene rings is 2. The fourth-order valence-corrected chi connectivity index (χ4v) is 5.54. The lowest BCUT2D eigenvalue weighted by atomic mass is 10.2. The maximum Gasteiger partial charge on any atom is 0.211 e. The van der Waals surface area contributed by atoms with Gasteiger partial charge in [-0.05, 0) is 25.0 Å². The molecule has 0 bridgehead atoms. The second kappa shape index (κ2) is 8.92. The smallest absolute Gasteiger partial charge is 0.138 e. The summed E-state index contributed by atoms with van der Waals surface area (Å²) in [5.74, 6) is 1.67. The number of hydrogen-bond acceptors (Lipinski definition) is 2. The molecule has 2 aromatic rings. The molecule has 124 valence electrons. The highest BCUT2D eigenvalue weighted by molar-refractivity contribution is 8.16. The standard InChI is InChI=1S/C18H19Cl3S2/c1-13-5-3-7-15(9-13)11-22-17(18(19,20)21)23-12-16-8-4-6-14(2)10-16/h3-10,17H,11-12H2,1-2H3. The van der Waals surface area contributed by atoms with Gasteiger partial charge in [0.05, 0.1) is 4.58 Å². The van der Waals surface area contributed by atoms with Gasteiger partial charge >= 0.3 is 0 Å². The normalized spacial score (nSPS) is 11.9. The summed E-state index contributed by atoms with van der Waals surface area (Å²) in [6, 6.07) is 16.9. The summed E-state index contributed by atoms with van der Waals surface area (Å²) in [6.07, 6.45) is 0. The average Bonchev–Trinajstić information content (AvgIpc) is 2.46. The molecule has 0 heterocycles. The molecule has 0 amide bonds. The topological polar surface area (TPSA) is 0 Å². The molecule has 23 heavy (non-hydrogen) atoms. The maximum absolute atomic E-state index is 6.18. The molecule has 0 atom stereocenters. The van der Waals surface area contributed by atoms with Crippen LogP contribution in [0.25, 0.3) is 0 Å². The van der Waals surface area contributed by atoms with Crippen molar-refractivity contribution in [2.24, 2.45) is 0 Å². The van der Waals surface area contributed by atoms with Crippen molar-refractivity contribution >= 4 is 58.3 Å². The van der Waals surface area contributed by atoms with Gasteiger partial charge < -0.3 is 0 Å². The number of hydrogen-bond donors (Lipinski definition) is 0. The molecule has 0 spiro atoms. The number of halogens is 3. The Morgan fingerprint density at radius 3 is 1.61 bits per heavy atom. The highest BCUT2D eigenvalue weighted by Crippen LogP contribution is 2.45. The first-order chi connectivity index (χ1) is 10.8. The van der Waals surface area contributed by atoms with Crippen molar-refractivity contribution in [3.05, 3.63) is 70.8 Å². The molecule has 0 fully saturated rings. The van der Waals surface area contributed by atoms with Crippen LogP contribution in [0.2, 0.25) is 0 Å². The first kappa shape index (κ1) is 19.3. The molecule has 0 aliphatic heterocycles. The van der Waals surface area contributed by atoms with Crippen molar-refractivity contribution in [3.8, 4) is 0 Å². The Labute approximate surface area is 162 Å². The molecule has 0 aliphatic rings. The van der Waals surface area contributed by atoms with Gasteiger partial charge in [-0.25, -0.2) is 0 Å². The number of thioether (sulfide) groups is 2. The minimum Gasteiger partial charge on any atom is -0.138 e. The van der Waals surface area contributed by atoms with Crippen molar-refractivity contribution in [2.45, 2.75) is 33.7 Å². The molecule has 0 aromatic heterocycles. The van der Waals surface area contributed by atoms with Gasteiger partial charge in [-0.3, -0.25) is 0 Å². The molecular weight excluding hydrogens is 387 g/mol. The molecule has 5 heteroatoms. The fraction of sp³-hybridized carbons (Fsp3) is 0.333. The van der Waals surface area contributed by atoms with Crippen LogP contribution in [0.1, 0.15) is 22.3 Å². The van der Waals surface area contributed by atoms with Gasteiger partial charge in [0.25, 0.3) is 0 Å². The number of aryl methyl sites for hydroxylation is 2. The van der Waals surface area contributed by atoms with E-state index in [0.717, 1.165) is 11.5 Å². The van der Waals surface area contributed by atoms with E-state index in [2.05, 4.69) is 62.4 Å². The Morgan fingerprint density at radius 1 is 0.826 bits per heavy atom. The molecule has 0 aliphatic carbocycles. The summed E-state index contributed by atoms with van der Waals surface area (Å²) >= 11 is 21.9. The molecule has 0 saturated carbocycles. The Hall–Kier alpha value is 0.01000. The van der Waals surface area contributed by atoms with Crippen molar-refractivity contribution in [1.29, 1.82) is 0 Å². The van der Waals surface area contributed by atoms with E-state index in [1.807, 2.05) is 0 Å². The van der Waals surface area contributed by atoms with Crippen LogP contribution in [-0.2, 0) is 11.5 Å². The van der Waals surface area contributed by atoms with Crippen LogP contribution >= 0.6 is 58.3 Å². The Balaban J connectivity index is 1.97. The lowest BCUT2D eigenvalue weighted by molar-refractivity contribution is 1.19. The van der Waals surface area contributed by atoms with E-state index in [-0.39, 0.29) is 4.58 Å². The summed E-state index contributed by atoms with van der Waals surface area (Å²) < 4.78 is -1.41. The largest absolute Gasteiger partial charge is 0.211 e. The van der Waals surface area contributed by atoms with Gasteiger partial charge in [0.2, 0.25) is 3.79 Å². The van der Waals surface area contributed by atoms with Gasteiger partial charge in [-0.15, -0.1) is 23.5 Å². The highest BCUT2D eigenvalue weighted by atomic mass is 35.6. The highest BCUT2D eigenvalue weighted by Gasteiger charge is 2.33. The van der Waals surface area contributed by atoms with E-state index < -0.39 is 3.79 Å². The van der Waals surface area contributed by atoms with Crippen molar-refractivity contribution in [2.75, 3.05) is 0 Å². The predicted molar refractivity (Wildman–Crippen MR) is 109 cm³/mol. The van der Waals surface area contributed by atoms with E-state index >= 15 is 0 Å². The molecule has 2 rings (SSSR count). The first-order valence-electron chi connectivity index (χ1n) is 7.25. The third-order valence-corrected chi connectivity index (χ3v) is 7.80. The van der Waals surface area contributed by atoms with Gasteiger partial charge in [0, 0.05) is 11.5 Å². The van der Waals surface area contributed by atoms with E-state index in [9.17, 15) is 0 Å². The van der Waals surface area contributed by atoms with Crippen molar-refractivity contribution < 1.29 is 0 Å². The predicted octanol–water partition coefficient (Wildman–Crippen LogP) is 7.17. The molecule has 2 aromatic carbocycles. The van der Waals surface area contributed by atoms with Crippen LogP contribution in [0.15, 0.2) is 48.5 Å². The lowest BCUT2D eigenvalue weighted by Crippen LogP contribution is -2.19. The lowest BCUT2D eigenvalue weighted by Gasteiger charge is -2.23. The fourth-order valence-electron chi connectivity index (χ4n) is 2.18. The molecule has 0 radical (unpaired) electrons. The van der Waals surface area contributed by atoms with E-state index in [4.69, 9.17) is 34.8 Å². The van der Waals surface area contributed by atoms with Gasteiger partial charge in [0.1, 0.15) is 0 Å². The average molecular weight is 406 g/mol. The molecule has 0 nitrogen and oxygen atoms in total. The second-order valence-electron chi connectivity index (χ2n) is 5.47. The zero-order valence-corrected chi connectivity index (χ0v) is 17.0. The van der Waals surface area contributed by atoms with Crippen LogP contribution in [-0.4, -0.2) is 8.37 Å². The van der Waals surface area contributed by atoms with Crippen molar-refractivity contribution in [3.63, 3.8) is 0 Å². The monoisotopic (exact) mass is 404 g/mol. The van der Waals surface area contributed by atoms with Crippen LogP contribution < -0.4 is 0 Å². The third kappa shape index (κ3) is 6.80. The Morgan fingerprint density at radius 2 is 1.26 bits per heavy atom. The summed E-state index contributed by atoms with van der Waals surface area (Å²) in [7, 11) is 0. The minimum absolute atomic E-state index is 0.117. The third-order valence-electron chi connectivity index (χ3n) is 3.23. The van der Waals surface area contributed by atoms with E-state index in [0.29, 0.717) is 0 Å². The quantitative estimate of drug-likeness (QED) is 0.369. The summed E-state index contributed by atoms with van der Waals surface area (Å²) in [4.78, 5) is 0. The molecule has 0 unspecified atom stereocenters. The van der Waals surface area contributed by atoms with Gasteiger partial charge in [0.15, 0.2) is 0 Å². The summed E-state index contributed by atoms with van der Waals surface area (Å²) in [5, 5.41) is 0. The Bertz CT molecular complexity index is 589. The van der Waals surface area contributed by atoms with Crippen LogP contribution in [0.3, 0.4) is 0 Å². The second-order valence-corrected chi connectivity index (χ2v) is 10.3. The zero-order valence-electron chi connectivity index (χ0n) is 13.1. The van der Waals surface area contributed by atoms with Crippen LogP contribution in [0.5, 0.6) is 0 Å². The minimum atomic E-state index is -1.29. The molecule has 0 saturated heterocycles. The molecular formula is C18H19Cl3S2. The number of rotatable bonds is 6. The summed E-state index contributed by atoms with van der Waals surface area (Å²) in [5.41, 5.74) is 5.01. The SMILES string of the molecule is Cc1cccc(CSC(SCc2cccc(C)c2)C(Cl)(Cl)Cl)c1. The number of alkyl halides is 3. The van der Waals surface area contributed by atoms with Crippen molar-refractivity contribution in [1.82, 2.24) is 0 Å². The summed E-state index contributed by atoms with van der Waals surface area (Å²) in [6.45, 7) is 4.18. The van der Waals surface area contributed by atoms with Crippen LogP contribution in [0.4, 0.5) is 0 Å². The first-order valence-corrected chi connectivity index (χ1v) is 10.5. The maximum atomic E-state index is 6.18. The molecule has 0 N–H and O–H groups in total. The van der Waals surface area contributed by atoms with Crippen LogP contribution in [0, 0.1) is 13.8 Å². The van der Waals surface area contributed by atoms with Gasteiger partial charge in [-0.2, -0.15) is 0 Å². The zero-order chi connectivity index (χ0) is 16.9. The van der Waals surface area contributed by atoms with E-state index in [1.165, 1.54) is 22.3 Å². The Kier molecular flexibility index (Phi) is 7.50. The van der Waals surface area contributed by atoms with Gasteiger partial charge in [-0.1, -0.05) is 94.5 Å². The van der Waals surface area contributed by atoms with E-state index in [1.54, 1.807) is 23.5 Å².